The molecule has 13 aromatic heterocycles. The van der Waals surface area contributed by atoms with E-state index in [9.17, 15) is 0 Å². The topological polar surface area (TPSA) is 348 Å². The molecule has 516 valence electrons. The molecule has 0 aliphatic heterocycles. The van der Waals surface area contributed by atoms with Crippen LogP contribution in [0.2, 0.25) is 0 Å². The molecule has 0 radical (unpaired) electrons. The molecule has 0 atom stereocenters. The highest BCUT2D eigenvalue weighted by atomic mass is 15.1. The molecule has 0 fully saturated rings. The Hall–Kier alpha value is -12.0. The van der Waals surface area contributed by atoms with Gasteiger partial charge >= 0.3 is 0 Å². The first-order chi connectivity index (χ1) is 47.3. The fraction of sp³-hybridized carbons (Fsp3) is 0.292. The molecule has 0 N–H and O–H groups in total. The standard InChI is InChI=1S/8C6H8N2.4C5H6N2.C4H5N3/c2*1-5-3-7-4-8-6(5)2;1-5-3-8-6(2)4-7-5;1-5-3-7-4-6(2)8-5;1-5-3-6(2)8-4-7-5;1-5-3-7-6(2)8-4-5;1-5-6(2)8-4-3-7-5;1-5-3-4-6(2)8-7-5;1-5-2-6-4-7-3-5;1-5-4-6-2-3-7-5;1-5-2-3-6-7-4-5;1-5-3-2-4-6-7-5;1-4-6-2-5-3-7-4/h8*3-4H,1-2H3;4*2-4H,1H3;2-3H,1H3. The first-order valence-electron chi connectivity index (χ1n) is 30.8. The summed E-state index contributed by atoms with van der Waals surface area (Å²) in [6.07, 6.45) is 40.4. The van der Waals surface area contributed by atoms with Crippen molar-refractivity contribution < 1.29 is 0 Å². The zero-order valence-electron chi connectivity index (χ0n) is 60.9. The third kappa shape index (κ3) is 49.2. The number of aryl methyl sites for hydroxylation is 21. The molecule has 0 spiro atoms. The van der Waals surface area contributed by atoms with Gasteiger partial charge in [0.1, 0.15) is 49.6 Å². The molecule has 0 saturated carbocycles. The average molecular weight is 1340 g/mol. The van der Waals surface area contributed by atoms with Gasteiger partial charge in [-0.2, -0.15) is 30.6 Å². The van der Waals surface area contributed by atoms with Crippen LogP contribution in [0.4, 0.5) is 0 Å². The summed E-state index contributed by atoms with van der Waals surface area (Å²) < 4.78 is 0. The van der Waals surface area contributed by atoms with E-state index >= 15 is 0 Å². The maximum Gasteiger partial charge on any atom is 0.128 e. The van der Waals surface area contributed by atoms with E-state index in [1.807, 2.05) is 207 Å². The van der Waals surface area contributed by atoms with Gasteiger partial charge in [-0.1, -0.05) is 0 Å². The van der Waals surface area contributed by atoms with Crippen LogP contribution in [0.25, 0.3) is 0 Å². The van der Waals surface area contributed by atoms with Crippen molar-refractivity contribution in [3.63, 3.8) is 0 Å². The second-order valence-electron chi connectivity index (χ2n) is 21.1. The molecule has 0 aliphatic rings. The average Bonchev–Trinajstić information content (AvgIpc) is 3.82. The first-order valence-corrected chi connectivity index (χ1v) is 30.8. The van der Waals surface area contributed by atoms with Crippen LogP contribution in [-0.4, -0.2) is 135 Å². The lowest BCUT2D eigenvalue weighted by Gasteiger charge is -1.91. The highest BCUT2D eigenvalue weighted by Crippen LogP contribution is 1.99. The van der Waals surface area contributed by atoms with Gasteiger partial charge in [-0.3, -0.25) is 39.9 Å². The number of hydrogen-bond acceptors (Lipinski definition) is 27. The summed E-state index contributed by atoms with van der Waals surface area (Å²) in [7, 11) is 0. The molecule has 99 heavy (non-hydrogen) atoms. The van der Waals surface area contributed by atoms with Gasteiger partial charge in [-0.05, 0) is 210 Å². The van der Waals surface area contributed by atoms with Crippen LogP contribution in [0, 0.1) is 145 Å². The molecule has 0 bridgehead atoms. The Morgan fingerprint density at radius 3 is 0.929 bits per heavy atom. The first kappa shape index (κ1) is 85.0. The number of hydrogen-bond donors (Lipinski definition) is 0. The molecule has 13 rings (SSSR count). The number of rotatable bonds is 0. The molecular weight excluding hydrogens is 1240 g/mol. The van der Waals surface area contributed by atoms with Crippen LogP contribution in [0.15, 0.2) is 186 Å². The van der Waals surface area contributed by atoms with E-state index in [0.29, 0.717) is 0 Å². The maximum absolute atomic E-state index is 4.11. The highest BCUT2D eigenvalue weighted by Gasteiger charge is 1.91. The SMILES string of the molecule is Cc1cc(C)ncn1.Cc1ccc(C)nn1.Cc1cccnn1.Cc1ccnnc1.Cc1cnc(C)cn1.Cc1cnc(C)nc1.Cc1cncc(C)n1.Cc1cnccn1.Cc1cncnc1.Cc1cncnc1C.Cc1cncnc1C.Cc1nccnc1C.Cc1ncncn1. The van der Waals surface area contributed by atoms with Gasteiger partial charge in [0.2, 0.25) is 0 Å². The normalized spacial score (nSPS) is 9.06. The van der Waals surface area contributed by atoms with Crippen molar-refractivity contribution in [1.82, 2.24) is 135 Å². The van der Waals surface area contributed by atoms with Crippen LogP contribution >= 0.6 is 0 Å². The van der Waals surface area contributed by atoms with Gasteiger partial charge in [-0.25, -0.2) is 64.8 Å². The molecule has 27 nitrogen and oxygen atoms in total. The predicted molar refractivity (Wildman–Crippen MR) is 384 cm³/mol. The van der Waals surface area contributed by atoms with E-state index in [1.165, 1.54) is 19.0 Å². The summed E-state index contributed by atoms with van der Waals surface area (Å²) in [5, 5.41) is 22.3. The molecule has 0 amide bonds. The van der Waals surface area contributed by atoms with Gasteiger partial charge in [0, 0.05) is 128 Å². The van der Waals surface area contributed by atoms with E-state index in [-0.39, 0.29) is 0 Å². The van der Waals surface area contributed by atoms with Gasteiger partial charge in [-0.15, -0.1) is 0 Å². The Bertz CT molecular complexity index is 3450. The molecule has 13 heterocycles. The van der Waals surface area contributed by atoms with Crippen LogP contribution in [0.3, 0.4) is 0 Å². The summed E-state index contributed by atoms with van der Waals surface area (Å²) in [6, 6.07) is 11.5. The van der Waals surface area contributed by atoms with Gasteiger partial charge in [0.05, 0.1) is 63.1 Å². The minimum Gasteiger partial charge on any atom is -0.261 e. The third-order valence-corrected chi connectivity index (χ3v) is 11.4. The molecular formula is C72H93N27. The zero-order valence-corrected chi connectivity index (χ0v) is 60.9. The summed E-state index contributed by atoms with van der Waals surface area (Å²) in [5.41, 5.74) is 19.6. The third-order valence-electron chi connectivity index (χ3n) is 11.4. The Morgan fingerprint density at radius 1 is 0.212 bits per heavy atom. The van der Waals surface area contributed by atoms with Gasteiger partial charge in [0.25, 0.3) is 0 Å². The molecule has 0 saturated heterocycles. The zero-order chi connectivity index (χ0) is 73.4. The fourth-order valence-electron chi connectivity index (χ4n) is 5.73. The Kier molecular flexibility index (Phi) is 45.7. The minimum atomic E-state index is 0.759. The van der Waals surface area contributed by atoms with E-state index in [2.05, 4.69) is 135 Å². The monoisotopic (exact) mass is 1340 g/mol. The molecule has 27 heteroatoms. The van der Waals surface area contributed by atoms with Gasteiger partial charge in [0.15, 0.2) is 0 Å². The molecule has 0 aromatic carbocycles. The van der Waals surface area contributed by atoms with Crippen LogP contribution in [0.1, 0.15) is 119 Å². The van der Waals surface area contributed by atoms with E-state index in [1.54, 1.807) is 106 Å². The van der Waals surface area contributed by atoms with Crippen molar-refractivity contribution in [3.05, 3.63) is 305 Å². The number of nitrogens with zero attached hydrogens (tertiary/aromatic N) is 27. The van der Waals surface area contributed by atoms with Gasteiger partial charge < -0.3 is 0 Å². The van der Waals surface area contributed by atoms with Crippen LogP contribution in [-0.2, 0) is 0 Å². The van der Waals surface area contributed by atoms with Crippen LogP contribution in [0.5, 0.6) is 0 Å². The molecule has 0 aliphatic carbocycles. The van der Waals surface area contributed by atoms with E-state index < -0.39 is 0 Å². The summed E-state index contributed by atoms with van der Waals surface area (Å²) in [6.45, 7) is 40.7. The van der Waals surface area contributed by atoms with Crippen LogP contribution < -0.4 is 0 Å². The van der Waals surface area contributed by atoms with Crippen molar-refractivity contribution in [3.8, 4) is 0 Å². The van der Waals surface area contributed by atoms with Crippen molar-refractivity contribution in [1.29, 1.82) is 0 Å². The number of aromatic nitrogens is 27. The summed E-state index contributed by atoms with van der Waals surface area (Å²) in [5.74, 6) is 1.59. The Balaban J connectivity index is 0.000000536. The Labute approximate surface area is 583 Å². The molecule has 13 aromatic rings. The van der Waals surface area contributed by atoms with E-state index in [0.717, 1.165) is 119 Å². The fourth-order valence-corrected chi connectivity index (χ4v) is 5.73. The largest absolute Gasteiger partial charge is 0.261 e. The summed E-state index contributed by atoms with van der Waals surface area (Å²) >= 11 is 0. The lowest BCUT2D eigenvalue weighted by atomic mass is 10.3. The second-order valence-corrected chi connectivity index (χ2v) is 21.1. The van der Waals surface area contributed by atoms with Crippen molar-refractivity contribution in [2.75, 3.05) is 0 Å². The smallest absolute Gasteiger partial charge is 0.128 e. The summed E-state index contributed by atoms with van der Waals surface area (Å²) in [4.78, 5) is 81.9. The lowest BCUT2D eigenvalue weighted by Crippen LogP contribution is -1.87. The molecule has 0 unspecified atom stereocenters. The maximum atomic E-state index is 4.11. The van der Waals surface area contributed by atoms with Crippen molar-refractivity contribution in [2.45, 2.75) is 145 Å². The van der Waals surface area contributed by atoms with E-state index in [4.69, 9.17) is 0 Å². The second kappa shape index (κ2) is 53.2. The predicted octanol–water partition coefficient (Wildman–Crippen LogP) is 12.1. The van der Waals surface area contributed by atoms with Crippen molar-refractivity contribution >= 4 is 0 Å². The lowest BCUT2D eigenvalue weighted by molar-refractivity contribution is 0.941. The Morgan fingerprint density at radius 2 is 0.667 bits per heavy atom. The van der Waals surface area contributed by atoms with Crippen molar-refractivity contribution in [2.24, 2.45) is 0 Å². The highest BCUT2D eigenvalue weighted by molar-refractivity contribution is 5.12. The quantitative estimate of drug-likeness (QED) is 0.136. The minimum absolute atomic E-state index is 0.759.